The first-order valence-corrected chi connectivity index (χ1v) is 9.50. The van der Waals surface area contributed by atoms with Gasteiger partial charge in [0.1, 0.15) is 0 Å². The summed E-state index contributed by atoms with van der Waals surface area (Å²) in [5.74, 6) is 0.936. The predicted octanol–water partition coefficient (Wildman–Crippen LogP) is 4.52. The summed E-state index contributed by atoms with van der Waals surface area (Å²) in [6, 6.07) is 4.26. The largest absolute Gasteiger partial charge is 0.449 e. The number of pyridine rings is 1. The molecule has 0 spiro atoms. The van der Waals surface area contributed by atoms with Gasteiger partial charge in [-0.3, -0.25) is 4.98 Å². The highest BCUT2D eigenvalue weighted by Gasteiger charge is 2.40. The van der Waals surface area contributed by atoms with Crippen LogP contribution in [0.1, 0.15) is 65.1 Å². The topological polar surface area (TPSA) is 63.2 Å². The van der Waals surface area contributed by atoms with Crippen LogP contribution < -0.4 is 10.6 Å². The average molecular weight is 345 g/mol. The van der Waals surface area contributed by atoms with Crippen LogP contribution in [0.4, 0.5) is 10.5 Å². The average Bonchev–Trinajstić information content (AvgIpc) is 3.09. The number of carbonyl (C=O) groups excluding carboxylic acids is 1. The fourth-order valence-corrected chi connectivity index (χ4v) is 4.07. The maximum atomic E-state index is 12.4. The van der Waals surface area contributed by atoms with Gasteiger partial charge >= 0.3 is 6.09 Å². The molecule has 2 aliphatic rings. The van der Waals surface area contributed by atoms with E-state index >= 15 is 0 Å². The minimum Gasteiger partial charge on any atom is -0.449 e. The molecular formula is C20H31N3O2. The Kier molecular flexibility index (Phi) is 5.21. The van der Waals surface area contributed by atoms with Gasteiger partial charge in [0.05, 0.1) is 24.0 Å². The molecule has 2 heterocycles. The summed E-state index contributed by atoms with van der Waals surface area (Å²) < 4.78 is 5.44. The van der Waals surface area contributed by atoms with Gasteiger partial charge in [0.25, 0.3) is 0 Å². The molecule has 1 aromatic rings. The van der Waals surface area contributed by atoms with Crippen molar-refractivity contribution in [2.75, 3.05) is 11.9 Å². The second-order valence-electron chi connectivity index (χ2n) is 8.77. The van der Waals surface area contributed by atoms with E-state index in [4.69, 9.17) is 4.74 Å². The van der Waals surface area contributed by atoms with Gasteiger partial charge in [-0.05, 0) is 36.3 Å². The number of nitrogens with zero attached hydrogens (tertiary/aromatic N) is 1. The fourth-order valence-electron chi connectivity index (χ4n) is 4.07. The van der Waals surface area contributed by atoms with Crippen LogP contribution in [0.2, 0.25) is 0 Å². The van der Waals surface area contributed by atoms with E-state index in [1.54, 1.807) is 6.20 Å². The molecule has 25 heavy (non-hydrogen) atoms. The summed E-state index contributed by atoms with van der Waals surface area (Å²) in [6.45, 7) is 8.78. The first-order valence-electron chi connectivity index (χ1n) is 9.50. The summed E-state index contributed by atoms with van der Waals surface area (Å²) in [5, 5.41) is 6.78. The van der Waals surface area contributed by atoms with E-state index < -0.39 is 0 Å². The zero-order valence-corrected chi connectivity index (χ0v) is 15.8. The van der Waals surface area contributed by atoms with Gasteiger partial charge in [-0.2, -0.15) is 0 Å². The van der Waals surface area contributed by atoms with Gasteiger partial charge in [0.2, 0.25) is 0 Å². The van der Waals surface area contributed by atoms with Crippen molar-refractivity contribution >= 4 is 11.8 Å². The normalized spacial score (nSPS) is 26.6. The predicted molar refractivity (Wildman–Crippen MR) is 99.4 cm³/mol. The number of carbonyl (C=O) groups is 1. The summed E-state index contributed by atoms with van der Waals surface area (Å²) in [4.78, 5) is 16.9. The Morgan fingerprint density at radius 2 is 2.08 bits per heavy atom. The lowest BCUT2D eigenvalue weighted by Gasteiger charge is -2.41. The molecule has 0 bridgehead atoms. The van der Waals surface area contributed by atoms with E-state index in [0.717, 1.165) is 11.4 Å². The molecule has 3 rings (SSSR count). The maximum Gasteiger partial charge on any atom is 0.407 e. The smallest absolute Gasteiger partial charge is 0.407 e. The van der Waals surface area contributed by atoms with Crippen LogP contribution in [-0.2, 0) is 4.74 Å². The number of fused-ring (bicyclic) bond motifs is 1. The third kappa shape index (κ3) is 4.25. The first-order chi connectivity index (χ1) is 11.8. The van der Waals surface area contributed by atoms with Crippen molar-refractivity contribution < 1.29 is 9.53 Å². The first kappa shape index (κ1) is 18.0. The van der Waals surface area contributed by atoms with E-state index in [0.29, 0.717) is 18.6 Å². The quantitative estimate of drug-likeness (QED) is 0.846. The number of hydrogen-bond donors (Lipinski definition) is 2. The van der Waals surface area contributed by atoms with Crippen LogP contribution in [0.3, 0.4) is 0 Å². The molecule has 1 unspecified atom stereocenters. The number of rotatable bonds is 3. The van der Waals surface area contributed by atoms with E-state index in [-0.39, 0.29) is 23.5 Å². The molecule has 1 aliphatic heterocycles. The molecule has 5 nitrogen and oxygen atoms in total. The number of anilines is 1. The highest BCUT2D eigenvalue weighted by molar-refractivity contribution is 5.69. The molecule has 3 atom stereocenters. The third-order valence-corrected chi connectivity index (χ3v) is 5.36. The molecule has 1 aromatic heterocycles. The molecule has 0 radical (unpaired) electrons. The second kappa shape index (κ2) is 7.22. The fraction of sp³-hybridized carbons (Fsp3) is 0.700. The molecule has 5 heteroatoms. The zero-order chi connectivity index (χ0) is 18.0. The second-order valence-corrected chi connectivity index (χ2v) is 8.77. The number of nitrogens with one attached hydrogen (secondary N) is 2. The van der Waals surface area contributed by atoms with Crippen LogP contribution >= 0.6 is 0 Å². The number of aromatic nitrogens is 1. The minimum atomic E-state index is -0.351. The maximum absolute atomic E-state index is 12.4. The summed E-state index contributed by atoms with van der Waals surface area (Å²) in [7, 11) is 0. The molecule has 0 aromatic carbocycles. The Hall–Kier alpha value is -1.78. The van der Waals surface area contributed by atoms with Gasteiger partial charge in [0, 0.05) is 18.2 Å². The van der Waals surface area contributed by atoms with E-state index in [2.05, 4.69) is 49.4 Å². The van der Waals surface area contributed by atoms with Crippen LogP contribution in [0, 0.1) is 17.3 Å². The number of alkyl carbamates (subject to hydrolysis) is 1. The highest BCUT2D eigenvalue weighted by Crippen LogP contribution is 2.41. The standard InChI is InChI=1S/C20H31N3O2/c1-13-16(14-8-5-6-9-14)22-15-10-7-11-21-18(15)17(13)23-19(24)25-12-20(2,3)4/h7,10-11,13-14,16-17,22H,5-6,8-9,12H2,1-4H3,(H,23,24)/t13-,16+,17?/m0/s1. The van der Waals surface area contributed by atoms with Crippen molar-refractivity contribution in [2.45, 2.75) is 65.5 Å². The third-order valence-electron chi connectivity index (χ3n) is 5.36. The lowest BCUT2D eigenvalue weighted by atomic mass is 9.79. The highest BCUT2D eigenvalue weighted by atomic mass is 16.5. The van der Waals surface area contributed by atoms with Gasteiger partial charge in [-0.1, -0.05) is 40.5 Å². The number of ether oxygens (including phenoxy) is 1. The molecular weight excluding hydrogens is 314 g/mol. The molecule has 1 aliphatic carbocycles. The Balaban J connectivity index is 1.76. The monoisotopic (exact) mass is 345 g/mol. The van der Waals surface area contributed by atoms with Gasteiger partial charge in [0.15, 0.2) is 0 Å². The summed E-state index contributed by atoms with van der Waals surface area (Å²) >= 11 is 0. The SMILES string of the molecule is C[C@@H]1C(NC(=O)OCC(C)(C)C)c2ncccc2N[C@H]1C1CCCC1. The molecule has 138 valence electrons. The van der Waals surface area contributed by atoms with Gasteiger partial charge in [-0.15, -0.1) is 0 Å². The Morgan fingerprint density at radius 1 is 1.36 bits per heavy atom. The summed E-state index contributed by atoms with van der Waals surface area (Å²) in [6.07, 6.45) is 6.58. The van der Waals surface area contributed by atoms with Gasteiger partial charge < -0.3 is 15.4 Å². The van der Waals surface area contributed by atoms with Crippen LogP contribution in [0.5, 0.6) is 0 Å². The Bertz CT molecular complexity index is 605. The van der Waals surface area contributed by atoms with Crippen molar-refractivity contribution in [1.82, 2.24) is 10.3 Å². The Morgan fingerprint density at radius 3 is 2.76 bits per heavy atom. The lowest BCUT2D eigenvalue weighted by molar-refractivity contribution is 0.0986. The van der Waals surface area contributed by atoms with E-state index in [9.17, 15) is 4.79 Å². The lowest BCUT2D eigenvalue weighted by Crippen LogP contribution is -2.47. The number of amides is 1. The van der Waals surface area contributed by atoms with E-state index in [1.165, 1.54) is 25.7 Å². The van der Waals surface area contributed by atoms with Crippen molar-refractivity contribution in [3.8, 4) is 0 Å². The van der Waals surface area contributed by atoms with Crippen molar-refractivity contribution in [2.24, 2.45) is 17.3 Å². The Labute approximate surface area is 150 Å². The molecule has 2 N–H and O–H groups in total. The van der Waals surface area contributed by atoms with Crippen molar-refractivity contribution in [3.05, 3.63) is 24.0 Å². The summed E-state index contributed by atoms with van der Waals surface area (Å²) in [5.41, 5.74) is 1.91. The van der Waals surface area contributed by atoms with Crippen molar-refractivity contribution in [1.29, 1.82) is 0 Å². The molecule has 1 fully saturated rings. The van der Waals surface area contributed by atoms with Crippen LogP contribution in [0.25, 0.3) is 0 Å². The molecule has 0 saturated heterocycles. The number of hydrogen-bond acceptors (Lipinski definition) is 4. The minimum absolute atomic E-state index is 0.0420. The van der Waals surface area contributed by atoms with Crippen LogP contribution in [-0.4, -0.2) is 23.7 Å². The van der Waals surface area contributed by atoms with Gasteiger partial charge in [-0.25, -0.2) is 4.79 Å². The van der Waals surface area contributed by atoms with Crippen LogP contribution in [0.15, 0.2) is 18.3 Å². The van der Waals surface area contributed by atoms with E-state index in [1.807, 2.05) is 6.07 Å². The molecule has 1 saturated carbocycles. The zero-order valence-electron chi connectivity index (χ0n) is 15.8. The molecule has 1 amide bonds. The van der Waals surface area contributed by atoms with Crippen molar-refractivity contribution in [3.63, 3.8) is 0 Å².